The van der Waals surface area contributed by atoms with E-state index in [2.05, 4.69) is 0 Å². The Labute approximate surface area is 110 Å². The quantitative estimate of drug-likeness (QED) is 0.785. The van der Waals surface area contributed by atoms with Gasteiger partial charge in [0.15, 0.2) is 11.6 Å². The number of hydrogen-bond acceptors (Lipinski definition) is 4. The van der Waals surface area contributed by atoms with E-state index >= 15 is 0 Å². The molecule has 3 N–H and O–H groups in total. The number of rotatable bonds is 1. The summed E-state index contributed by atoms with van der Waals surface area (Å²) >= 11 is 0. The Kier molecular flexibility index (Phi) is 2.52. The summed E-state index contributed by atoms with van der Waals surface area (Å²) in [7, 11) is 0. The predicted octanol–water partition coefficient (Wildman–Crippen LogP) is 1.01. The van der Waals surface area contributed by atoms with Crippen LogP contribution in [0.2, 0.25) is 0 Å². The summed E-state index contributed by atoms with van der Waals surface area (Å²) in [6.45, 7) is -0.364. The highest BCUT2D eigenvalue weighted by Gasteiger charge is 2.42. The van der Waals surface area contributed by atoms with Crippen molar-refractivity contribution < 1.29 is 14.7 Å². The predicted molar refractivity (Wildman–Crippen MR) is 69.9 cm³/mol. The minimum Gasteiger partial charge on any atom is -0.394 e. The lowest BCUT2D eigenvalue weighted by Gasteiger charge is -2.34. The van der Waals surface area contributed by atoms with Crippen LogP contribution in [0.5, 0.6) is 0 Å². The number of Topliss-reactive ketones (excluding diaryl/α,β-unsaturated/α-hetero) is 2. The summed E-state index contributed by atoms with van der Waals surface area (Å²) in [6, 6.07) is 6.70. The normalized spacial score (nSPS) is 25.4. The number of hydrogen-bond donors (Lipinski definition) is 2. The first-order valence-corrected chi connectivity index (χ1v) is 6.08. The highest BCUT2D eigenvalue weighted by molar-refractivity contribution is 6.28. The Bertz CT molecular complexity index is 657. The van der Waals surface area contributed by atoms with E-state index < -0.39 is 5.54 Å². The number of allylic oxidation sites excluding steroid dienone is 2. The minimum atomic E-state index is -1.16. The molecule has 0 fully saturated rings. The van der Waals surface area contributed by atoms with Gasteiger partial charge in [0, 0.05) is 22.3 Å². The van der Waals surface area contributed by atoms with Gasteiger partial charge in [-0.3, -0.25) is 9.59 Å². The van der Waals surface area contributed by atoms with Crippen molar-refractivity contribution in [2.24, 2.45) is 5.73 Å². The molecule has 0 amide bonds. The number of benzene rings is 1. The lowest BCUT2D eigenvalue weighted by atomic mass is 9.72. The zero-order valence-corrected chi connectivity index (χ0v) is 10.2. The maximum absolute atomic E-state index is 12.5. The second-order valence-corrected chi connectivity index (χ2v) is 4.91. The molecule has 4 nitrogen and oxygen atoms in total. The van der Waals surface area contributed by atoms with Gasteiger partial charge in [0.05, 0.1) is 12.1 Å². The van der Waals surface area contributed by atoms with Gasteiger partial charge >= 0.3 is 0 Å². The van der Waals surface area contributed by atoms with Gasteiger partial charge in [-0.25, -0.2) is 0 Å². The molecule has 0 spiro atoms. The summed E-state index contributed by atoms with van der Waals surface area (Å²) in [4.78, 5) is 24.9. The van der Waals surface area contributed by atoms with Crippen molar-refractivity contribution in [3.8, 4) is 0 Å². The fourth-order valence-corrected chi connectivity index (χ4v) is 2.68. The summed E-state index contributed by atoms with van der Waals surface area (Å²) in [6.07, 6.45) is 3.71. The van der Waals surface area contributed by atoms with Gasteiger partial charge in [0.25, 0.3) is 0 Å². The average molecular weight is 255 g/mol. The highest BCUT2D eigenvalue weighted by Crippen LogP contribution is 2.36. The van der Waals surface area contributed by atoms with Crippen LogP contribution in [-0.2, 0) is 0 Å². The first-order chi connectivity index (χ1) is 9.08. The minimum absolute atomic E-state index is 0.204. The van der Waals surface area contributed by atoms with E-state index in [1.54, 1.807) is 36.4 Å². The Morgan fingerprint density at radius 3 is 2.42 bits per heavy atom. The number of nitrogens with two attached hydrogens (primary N) is 1. The number of carbonyl (C=O) groups is 2. The molecule has 2 aliphatic carbocycles. The molecule has 1 aromatic carbocycles. The first-order valence-electron chi connectivity index (χ1n) is 6.08. The zero-order chi connectivity index (χ0) is 13.6. The number of aliphatic hydroxyl groups excluding tert-OH is 1. The molecule has 0 radical (unpaired) electrons. The fraction of sp³-hybridized carbons (Fsp3) is 0.200. The van der Waals surface area contributed by atoms with E-state index in [1.165, 1.54) is 0 Å². The van der Waals surface area contributed by atoms with Crippen LogP contribution in [0.1, 0.15) is 27.1 Å². The summed E-state index contributed by atoms with van der Waals surface area (Å²) < 4.78 is 0. The van der Waals surface area contributed by atoms with Crippen molar-refractivity contribution in [3.63, 3.8) is 0 Å². The van der Waals surface area contributed by atoms with Gasteiger partial charge in [0.2, 0.25) is 0 Å². The molecule has 3 rings (SSSR count). The van der Waals surface area contributed by atoms with Gasteiger partial charge in [0.1, 0.15) is 0 Å². The van der Waals surface area contributed by atoms with Crippen LogP contribution >= 0.6 is 0 Å². The van der Waals surface area contributed by atoms with E-state index in [1.807, 2.05) is 0 Å². The third-order valence-corrected chi connectivity index (χ3v) is 3.70. The molecule has 0 aliphatic heterocycles. The second kappa shape index (κ2) is 3.98. The largest absolute Gasteiger partial charge is 0.394 e. The van der Waals surface area contributed by atoms with Crippen LogP contribution in [0, 0.1) is 0 Å². The number of carbonyl (C=O) groups excluding carboxylic acids is 2. The highest BCUT2D eigenvalue weighted by atomic mass is 16.3. The molecular formula is C15H13NO3. The third kappa shape index (κ3) is 1.54. The van der Waals surface area contributed by atoms with E-state index in [9.17, 15) is 14.7 Å². The van der Waals surface area contributed by atoms with Gasteiger partial charge < -0.3 is 10.8 Å². The molecule has 19 heavy (non-hydrogen) atoms. The van der Waals surface area contributed by atoms with Crippen LogP contribution < -0.4 is 5.73 Å². The van der Waals surface area contributed by atoms with E-state index in [4.69, 9.17) is 5.73 Å². The summed E-state index contributed by atoms with van der Waals surface area (Å²) in [5.74, 6) is -0.462. The van der Waals surface area contributed by atoms with Crippen molar-refractivity contribution in [1.82, 2.24) is 0 Å². The lowest BCUT2D eigenvalue weighted by Crippen LogP contribution is -2.50. The average Bonchev–Trinajstić information content (AvgIpc) is 2.44. The third-order valence-electron chi connectivity index (χ3n) is 3.70. The number of aliphatic hydroxyl groups is 1. The number of ketones is 2. The molecule has 0 saturated heterocycles. The molecule has 0 bridgehead atoms. The first kappa shape index (κ1) is 12.0. The van der Waals surface area contributed by atoms with Crippen LogP contribution in [0.15, 0.2) is 47.6 Å². The van der Waals surface area contributed by atoms with Crippen molar-refractivity contribution >= 4 is 11.6 Å². The second-order valence-electron chi connectivity index (χ2n) is 4.91. The molecule has 1 atom stereocenters. The fourth-order valence-electron chi connectivity index (χ4n) is 2.68. The van der Waals surface area contributed by atoms with Crippen molar-refractivity contribution in [2.75, 3.05) is 6.61 Å². The Morgan fingerprint density at radius 1 is 1.16 bits per heavy atom. The monoisotopic (exact) mass is 255 g/mol. The molecule has 1 aromatic rings. The van der Waals surface area contributed by atoms with E-state index in [0.717, 1.165) is 0 Å². The van der Waals surface area contributed by atoms with E-state index in [0.29, 0.717) is 23.1 Å². The SMILES string of the molecule is NC1(CO)CC=CC2=C1C(=O)c1ccccc1C2=O. The van der Waals surface area contributed by atoms with Gasteiger partial charge in [-0.1, -0.05) is 36.4 Å². The number of fused-ring (bicyclic) bond motifs is 1. The standard InChI is InChI=1S/C15H13NO3/c16-15(8-17)7-3-6-11-12(15)14(19)10-5-2-1-4-9(10)13(11)18/h1-6,17H,7-8,16H2. The molecular weight excluding hydrogens is 242 g/mol. The topological polar surface area (TPSA) is 80.4 Å². The van der Waals surface area contributed by atoms with Crippen LogP contribution in [0.25, 0.3) is 0 Å². The maximum atomic E-state index is 12.5. The molecule has 1 unspecified atom stereocenters. The van der Waals surface area contributed by atoms with Crippen LogP contribution in [0.4, 0.5) is 0 Å². The van der Waals surface area contributed by atoms with Crippen molar-refractivity contribution in [2.45, 2.75) is 12.0 Å². The molecule has 0 aromatic heterocycles. The Morgan fingerprint density at radius 2 is 1.79 bits per heavy atom. The van der Waals surface area contributed by atoms with E-state index in [-0.39, 0.29) is 23.7 Å². The lowest BCUT2D eigenvalue weighted by molar-refractivity contribution is 0.0949. The Hall–Kier alpha value is -2.04. The van der Waals surface area contributed by atoms with Gasteiger partial charge in [-0.2, -0.15) is 0 Å². The van der Waals surface area contributed by atoms with Crippen molar-refractivity contribution in [3.05, 3.63) is 58.7 Å². The Balaban J connectivity index is 2.28. The van der Waals surface area contributed by atoms with Crippen molar-refractivity contribution in [1.29, 1.82) is 0 Å². The van der Waals surface area contributed by atoms with Gasteiger partial charge in [-0.15, -0.1) is 0 Å². The molecule has 0 saturated carbocycles. The van der Waals surface area contributed by atoms with Crippen LogP contribution in [-0.4, -0.2) is 28.8 Å². The zero-order valence-electron chi connectivity index (χ0n) is 10.2. The summed E-state index contributed by atoms with van der Waals surface area (Å²) in [5, 5.41) is 9.48. The molecule has 2 aliphatic rings. The van der Waals surface area contributed by atoms with Crippen LogP contribution in [0.3, 0.4) is 0 Å². The summed E-state index contributed by atoms with van der Waals surface area (Å²) in [5.41, 5.74) is 6.24. The molecule has 4 heteroatoms. The molecule has 96 valence electrons. The van der Waals surface area contributed by atoms with Gasteiger partial charge in [-0.05, 0) is 6.42 Å². The maximum Gasteiger partial charge on any atom is 0.194 e. The smallest absolute Gasteiger partial charge is 0.194 e. The molecule has 0 heterocycles.